The Morgan fingerprint density at radius 2 is 2.00 bits per heavy atom. The van der Waals surface area contributed by atoms with Gasteiger partial charge in [-0.2, -0.15) is 0 Å². The zero-order chi connectivity index (χ0) is 11.4. The van der Waals surface area contributed by atoms with Gasteiger partial charge < -0.3 is 5.32 Å². The van der Waals surface area contributed by atoms with Crippen LogP contribution in [-0.4, -0.2) is 27.3 Å². The first-order valence-corrected chi connectivity index (χ1v) is 5.56. The molecule has 0 amide bonds. The molecule has 86 valence electrons. The molecule has 1 aromatic rings. The van der Waals surface area contributed by atoms with E-state index >= 15 is 0 Å². The molecule has 1 N–H and O–H groups in total. The summed E-state index contributed by atoms with van der Waals surface area (Å²) in [6, 6.07) is 0.530. The molecule has 0 aliphatic rings. The Morgan fingerprint density at radius 1 is 1.33 bits per heavy atom. The summed E-state index contributed by atoms with van der Waals surface area (Å²) in [6.07, 6.45) is 1.13. The van der Waals surface area contributed by atoms with E-state index in [0.29, 0.717) is 12.0 Å². The molecule has 0 aliphatic carbocycles. The molecule has 0 fully saturated rings. The molecule has 15 heavy (non-hydrogen) atoms. The fourth-order valence-corrected chi connectivity index (χ4v) is 1.49. The van der Waals surface area contributed by atoms with Gasteiger partial charge in [0, 0.05) is 0 Å². The highest BCUT2D eigenvalue weighted by Gasteiger charge is 2.20. The number of rotatable bonds is 5. The predicted molar refractivity (Wildman–Crippen MR) is 59.5 cm³/mol. The number of hydrogen-bond donors (Lipinski definition) is 1. The molecule has 5 nitrogen and oxygen atoms in total. The maximum absolute atomic E-state index is 4.07. The summed E-state index contributed by atoms with van der Waals surface area (Å²) in [5.41, 5.74) is 0. The van der Waals surface area contributed by atoms with Crippen LogP contribution in [0.3, 0.4) is 0 Å². The number of tetrazole rings is 1. The summed E-state index contributed by atoms with van der Waals surface area (Å²) >= 11 is 0. The fraction of sp³-hybridized carbons (Fsp3) is 0.900. The molecule has 0 radical (unpaired) electrons. The van der Waals surface area contributed by atoms with Crippen molar-refractivity contribution in [3.05, 3.63) is 5.82 Å². The van der Waals surface area contributed by atoms with Gasteiger partial charge in [-0.15, -0.1) is 5.10 Å². The topological polar surface area (TPSA) is 55.6 Å². The molecule has 3 atom stereocenters. The summed E-state index contributed by atoms with van der Waals surface area (Å²) in [6.45, 7) is 8.63. The van der Waals surface area contributed by atoms with Gasteiger partial charge in [0.05, 0.1) is 12.1 Å². The van der Waals surface area contributed by atoms with Crippen molar-refractivity contribution in [1.82, 2.24) is 25.5 Å². The zero-order valence-corrected chi connectivity index (χ0v) is 10.2. The van der Waals surface area contributed by atoms with E-state index in [-0.39, 0.29) is 6.04 Å². The molecule has 1 heterocycles. The van der Waals surface area contributed by atoms with E-state index in [9.17, 15) is 0 Å². The fourth-order valence-electron chi connectivity index (χ4n) is 1.49. The van der Waals surface area contributed by atoms with Gasteiger partial charge >= 0.3 is 0 Å². The van der Waals surface area contributed by atoms with E-state index in [1.54, 1.807) is 0 Å². The van der Waals surface area contributed by atoms with Crippen LogP contribution in [0, 0.1) is 5.92 Å². The molecule has 1 rings (SSSR count). The molecule has 3 unspecified atom stereocenters. The van der Waals surface area contributed by atoms with Gasteiger partial charge in [-0.25, -0.2) is 4.68 Å². The first-order chi connectivity index (χ1) is 7.11. The highest BCUT2D eigenvalue weighted by molar-refractivity contribution is 4.91. The highest BCUT2D eigenvalue weighted by atomic mass is 15.6. The second-order valence-electron chi connectivity index (χ2n) is 4.12. The molecule has 0 aliphatic heterocycles. The normalized spacial score (nSPS) is 17.4. The van der Waals surface area contributed by atoms with Gasteiger partial charge in [0.25, 0.3) is 0 Å². The molecule has 0 saturated heterocycles. The van der Waals surface area contributed by atoms with E-state index < -0.39 is 0 Å². The Bertz CT molecular complexity index is 296. The summed E-state index contributed by atoms with van der Waals surface area (Å²) in [4.78, 5) is 0. The molecular weight excluding hydrogens is 190 g/mol. The van der Waals surface area contributed by atoms with Crippen LogP contribution >= 0.6 is 0 Å². The average Bonchev–Trinajstić information content (AvgIpc) is 2.74. The van der Waals surface area contributed by atoms with Gasteiger partial charge in [-0.05, 0) is 37.2 Å². The van der Waals surface area contributed by atoms with Crippen molar-refractivity contribution in [2.45, 2.75) is 46.2 Å². The first kappa shape index (κ1) is 12.1. The Kier molecular flexibility index (Phi) is 4.20. The smallest absolute Gasteiger partial charge is 0.168 e. The Hall–Kier alpha value is -0.970. The van der Waals surface area contributed by atoms with Crippen LogP contribution in [0.2, 0.25) is 0 Å². The minimum absolute atomic E-state index is 0.187. The lowest BCUT2D eigenvalue weighted by atomic mass is 10.0. The molecule has 1 aromatic heterocycles. The van der Waals surface area contributed by atoms with E-state index in [4.69, 9.17) is 0 Å². The minimum Gasteiger partial charge on any atom is -0.311 e. The average molecular weight is 211 g/mol. The van der Waals surface area contributed by atoms with Crippen LogP contribution in [0.25, 0.3) is 0 Å². The summed E-state index contributed by atoms with van der Waals surface area (Å²) < 4.78 is 1.93. The van der Waals surface area contributed by atoms with Crippen LogP contribution in [0.4, 0.5) is 0 Å². The number of aromatic nitrogens is 4. The standard InChI is InChI=1S/C10H21N5/c1-6-7(2)9(4)15-10(8(3)11-5)12-13-14-15/h7-9,11H,6H2,1-5H3. The second kappa shape index (κ2) is 5.21. The summed E-state index contributed by atoms with van der Waals surface area (Å²) in [5.74, 6) is 1.49. The Labute approximate surface area is 91.2 Å². The molecule has 0 saturated carbocycles. The van der Waals surface area contributed by atoms with Crippen molar-refractivity contribution in [2.24, 2.45) is 5.92 Å². The monoisotopic (exact) mass is 211 g/mol. The number of hydrogen-bond acceptors (Lipinski definition) is 4. The van der Waals surface area contributed by atoms with Crippen LogP contribution in [0.5, 0.6) is 0 Å². The quantitative estimate of drug-likeness (QED) is 0.803. The summed E-state index contributed by atoms with van der Waals surface area (Å²) in [7, 11) is 1.91. The van der Waals surface area contributed by atoms with Gasteiger partial charge in [0.2, 0.25) is 0 Å². The Balaban J connectivity index is 2.89. The van der Waals surface area contributed by atoms with Crippen molar-refractivity contribution < 1.29 is 0 Å². The predicted octanol–water partition coefficient (Wildman–Crippen LogP) is 1.56. The molecular formula is C10H21N5. The molecule has 0 aromatic carbocycles. The van der Waals surface area contributed by atoms with E-state index in [1.165, 1.54) is 0 Å². The van der Waals surface area contributed by atoms with E-state index in [0.717, 1.165) is 12.2 Å². The van der Waals surface area contributed by atoms with Crippen molar-refractivity contribution in [1.29, 1.82) is 0 Å². The SMILES string of the molecule is CCC(C)C(C)n1nnnc1C(C)NC. The lowest BCUT2D eigenvalue weighted by molar-refractivity contribution is 0.321. The second-order valence-corrected chi connectivity index (χ2v) is 4.12. The van der Waals surface area contributed by atoms with Gasteiger partial charge in [0.1, 0.15) is 0 Å². The maximum atomic E-state index is 4.07. The largest absolute Gasteiger partial charge is 0.311 e. The third kappa shape index (κ3) is 2.53. The minimum atomic E-state index is 0.187. The Morgan fingerprint density at radius 3 is 2.53 bits per heavy atom. The van der Waals surface area contributed by atoms with Crippen molar-refractivity contribution in [3.8, 4) is 0 Å². The molecule has 0 bridgehead atoms. The number of nitrogens with zero attached hydrogens (tertiary/aromatic N) is 4. The highest BCUT2D eigenvalue weighted by Crippen LogP contribution is 2.21. The van der Waals surface area contributed by atoms with E-state index in [2.05, 4.69) is 48.5 Å². The van der Waals surface area contributed by atoms with E-state index in [1.807, 2.05) is 11.7 Å². The van der Waals surface area contributed by atoms with Crippen LogP contribution in [0.15, 0.2) is 0 Å². The maximum Gasteiger partial charge on any atom is 0.168 e. The third-order valence-electron chi connectivity index (χ3n) is 3.19. The number of nitrogens with one attached hydrogen (secondary N) is 1. The van der Waals surface area contributed by atoms with Gasteiger partial charge in [-0.3, -0.25) is 0 Å². The lowest BCUT2D eigenvalue weighted by Crippen LogP contribution is -2.23. The third-order valence-corrected chi connectivity index (χ3v) is 3.19. The van der Waals surface area contributed by atoms with Crippen molar-refractivity contribution >= 4 is 0 Å². The summed E-state index contributed by atoms with van der Waals surface area (Å²) in [5, 5.41) is 15.0. The van der Waals surface area contributed by atoms with Gasteiger partial charge in [-0.1, -0.05) is 20.3 Å². The van der Waals surface area contributed by atoms with Crippen molar-refractivity contribution in [3.63, 3.8) is 0 Å². The van der Waals surface area contributed by atoms with Crippen LogP contribution < -0.4 is 5.32 Å². The zero-order valence-electron chi connectivity index (χ0n) is 10.2. The van der Waals surface area contributed by atoms with Crippen LogP contribution in [-0.2, 0) is 0 Å². The lowest BCUT2D eigenvalue weighted by Gasteiger charge is -2.21. The van der Waals surface area contributed by atoms with Crippen molar-refractivity contribution in [2.75, 3.05) is 7.05 Å². The van der Waals surface area contributed by atoms with Gasteiger partial charge in [0.15, 0.2) is 5.82 Å². The van der Waals surface area contributed by atoms with Crippen LogP contribution in [0.1, 0.15) is 52.0 Å². The first-order valence-electron chi connectivity index (χ1n) is 5.56. The molecule has 0 spiro atoms. The molecule has 5 heteroatoms.